The van der Waals surface area contributed by atoms with Gasteiger partial charge in [0.25, 0.3) is 0 Å². The first kappa shape index (κ1) is 30.6. The van der Waals surface area contributed by atoms with Gasteiger partial charge in [-0.1, -0.05) is 32.9 Å². The Balaban J connectivity index is 3.54. The molecule has 0 unspecified atom stereocenters. The maximum absolute atomic E-state index is 12.5. The van der Waals surface area contributed by atoms with E-state index in [4.69, 9.17) is 18.9 Å². The lowest BCUT2D eigenvalue weighted by Crippen LogP contribution is -2.49. The molecule has 36 heavy (non-hydrogen) atoms. The van der Waals surface area contributed by atoms with Gasteiger partial charge in [0.2, 0.25) is 0 Å². The van der Waals surface area contributed by atoms with E-state index < -0.39 is 48.8 Å². The number of aliphatic hydroxyl groups excluding tert-OH is 1. The van der Waals surface area contributed by atoms with Gasteiger partial charge in [-0.25, -0.2) is 4.79 Å². The monoisotopic (exact) mass is 508 g/mol. The van der Waals surface area contributed by atoms with E-state index in [-0.39, 0.29) is 36.3 Å². The van der Waals surface area contributed by atoms with Gasteiger partial charge in [-0.15, -0.1) is 0 Å². The van der Waals surface area contributed by atoms with Gasteiger partial charge in [-0.3, -0.25) is 14.4 Å². The van der Waals surface area contributed by atoms with Crippen LogP contribution in [0.2, 0.25) is 0 Å². The van der Waals surface area contributed by atoms with Crippen LogP contribution in [0.5, 0.6) is 5.75 Å². The number of aliphatic hydroxyl groups is 1. The van der Waals surface area contributed by atoms with Crippen molar-refractivity contribution in [2.24, 2.45) is 0 Å². The van der Waals surface area contributed by atoms with Crippen LogP contribution in [-0.4, -0.2) is 59.0 Å². The van der Waals surface area contributed by atoms with Gasteiger partial charge in [0.05, 0.1) is 6.61 Å². The fourth-order valence-corrected chi connectivity index (χ4v) is 3.22. The van der Waals surface area contributed by atoms with Crippen LogP contribution in [0.3, 0.4) is 0 Å². The van der Waals surface area contributed by atoms with Gasteiger partial charge in [-0.2, -0.15) is 0 Å². The lowest BCUT2D eigenvalue weighted by atomic mass is 10.0. The average Bonchev–Trinajstić information content (AvgIpc) is 2.84. The molecule has 0 radical (unpaired) electrons. The van der Waals surface area contributed by atoms with Crippen molar-refractivity contribution in [2.45, 2.75) is 84.5 Å². The fraction of sp³-hybridized carbons (Fsp3) is 0.538. The predicted molar refractivity (Wildman–Crippen MR) is 129 cm³/mol. The molecule has 1 aromatic rings. The number of hydrogen-bond acceptors (Lipinski definition) is 9. The summed E-state index contributed by atoms with van der Waals surface area (Å²) in [5.41, 5.74) is -0.150. The van der Waals surface area contributed by atoms with Gasteiger partial charge in [0, 0.05) is 19.3 Å². The Hall–Kier alpha value is -3.40. The summed E-state index contributed by atoms with van der Waals surface area (Å²) in [7, 11) is 0. The molecule has 0 fully saturated rings. The highest BCUT2D eigenvalue weighted by Gasteiger charge is 2.41. The highest BCUT2D eigenvalue weighted by atomic mass is 16.6. The van der Waals surface area contributed by atoms with Crippen LogP contribution in [0.4, 0.5) is 0 Å². The third-order valence-corrected chi connectivity index (χ3v) is 4.93. The lowest BCUT2D eigenvalue weighted by Gasteiger charge is -2.33. The predicted octanol–water partition coefficient (Wildman–Crippen LogP) is 3.80. The van der Waals surface area contributed by atoms with E-state index in [1.807, 2.05) is 0 Å². The molecule has 1 aromatic carbocycles. The van der Waals surface area contributed by atoms with Gasteiger partial charge >= 0.3 is 23.9 Å². The number of benzene rings is 1. The first-order valence-electron chi connectivity index (χ1n) is 12.1. The molecule has 0 amide bonds. The van der Waals surface area contributed by atoms with Crippen LogP contribution in [0.25, 0.3) is 0 Å². The summed E-state index contributed by atoms with van der Waals surface area (Å²) in [5.74, 6) is -3.29. The number of carboxylic acids is 1. The van der Waals surface area contributed by atoms with E-state index in [1.165, 1.54) is 24.3 Å². The Morgan fingerprint density at radius 2 is 1.39 bits per heavy atom. The van der Waals surface area contributed by atoms with Crippen LogP contribution < -0.4 is 4.74 Å². The summed E-state index contributed by atoms with van der Waals surface area (Å²) < 4.78 is 22.4. The molecule has 0 aliphatic carbocycles. The van der Waals surface area contributed by atoms with Gasteiger partial charge < -0.3 is 29.2 Å². The maximum atomic E-state index is 12.5. The number of esters is 3. The second kappa shape index (κ2) is 16.3. The van der Waals surface area contributed by atoms with Crippen molar-refractivity contribution < 1.29 is 48.3 Å². The molecular formula is C26H36O10. The summed E-state index contributed by atoms with van der Waals surface area (Å²) in [5, 5.41) is 19.6. The highest BCUT2D eigenvalue weighted by Crippen LogP contribution is 2.27. The van der Waals surface area contributed by atoms with E-state index in [0.717, 1.165) is 0 Å². The normalized spacial score (nSPS) is 13.8. The number of rotatable bonds is 16. The smallest absolute Gasteiger partial charge is 0.339 e. The van der Waals surface area contributed by atoms with Crippen molar-refractivity contribution in [2.75, 3.05) is 6.61 Å². The van der Waals surface area contributed by atoms with E-state index in [2.05, 4.69) is 0 Å². The summed E-state index contributed by atoms with van der Waals surface area (Å²) in [6.45, 7) is 6.14. The zero-order valence-corrected chi connectivity index (χ0v) is 21.2. The van der Waals surface area contributed by atoms with Crippen molar-refractivity contribution in [3.63, 3.8) is 0 Å². The minimum atomic E-state index is -1.46. The number of carboxylic acid groups (broad SMARTS) is 1. The molecule has 0 saturated carbocycles. The van der Waals surface area contributed by atoms with E-state index in [1.54, 1.807) is 33.8 Å². The summed E-state index contributed by atoms with van der Waals surface area (Å²) in [6, 6.07) is 5.84. The quantitative estimate of drug-likeness (QED) is 0.192. The Morgan fingerprint density at radius 1 is 0.861 bits per heavy atom. The lowest BCUT2D eigenvalue weighted by molar-refractivity contribution is -0.187. The molecule has 0 spiro atoms. The van der Waals surface area contributed by atoms with Crippen LogP contribution >= 0.6 is 0 Å². The summed E-state index contributed by atoms with van der Waals surface area (Å²) in [4.78, 5) is 48.9. The minimum Gasteiger partial charge on any atom is -0.478 e. The van der Waals surface area contributed by atoms with Gasteiger partial charge in [-0.05, 0) is 44.4 Å². The third-order valence-electron chi connectivity index (χ3n) is 4.93. The summed E-state index contributed by atoms with van der Waals surface area (Å²) in [6.07, 6.45) is -1.31. The molecule has 0 aliphatic rings. The van der Waals surface area contributed by atoms with E-state index in [9.17, 15) is 29.4 Å². The molecular weight excluding hydrogens is 472 g/mol. The number of allylic oxidation sites excluding steroid dienone is 1. The molecule has 0 aromatic heterocycles. The minimum absolute atomic E-state index is 0.0288. The molecule has 3 atom stereocenters. The number of para-hydroxylation sites is 1. The number of ether oxygens (including phenoxy) is 4. The number of carbonyl (C=O) groups excluding carboxylic acids is 3. The second-order valence-electron chi connectivity index (χ2n) is 7.92. The first-order chi connectivity index (χ1) is 17.2. The first-order valence-corrected chi connectivity index (χ1v) is 12.1. The number of hydrogen-bond donors (Lipinski definition) is 2. The molecule has 0 bridgehead atoms. The molecule has 200 valence electrons. The molecule has 10 nitrogen and oxygen atoms in total. The van der Waals surface area contributed by atoms with Crippen LogP contribution in [-0.2, 0) is 28.6 Å². The van der Waals surface area contributed by atoms with Crippen molar-refractivity contribution in [3.05, 3.63) is 41.7 Å². The van der Waals surface area contributed by atoms with Crippen LogP contribution in [0.15, 0.2) is 36.1 Å². The number of aromatic carboxylic acids is 1. The third kappa shape index (κ3) is 9.69. The molecule has 10 heteroatoms. The van der Waals surface area contributed by atoms with Crippen LogP contribution in [0.1, 0.15) is 76.6 Å². The molecule has 0 saturated heterocycles. The largest absolute Gasteiger partial charge is 0.478 e. The van der Waals surface area contributed by atoms with Crippen LogP contribution in [0, 0.1) is 0 Å². The van der Waals surface area contributed by atoms with Gasteiger partial charge in [0.15, 0.2) is 18.3 Å². The van der Waals surface area contributed by atoms with Gasteiger partial charge in [0.1, 0.15) is 17.1 Å². The average molecular weight is 509 g/mol. The van der Waals surface area contributed by atoms with Crippen molar-refractivity contribution in [3.8, 4) is 5.75 Å². The zero-order chi connectivity index (χ0) is 27.1. The Morgan fingerprint density at radius 3 is 1.89 bits per heavy atom. The maximum Gasteiger partial charge on any atom is 0.339 e. The Kier molecular flexibility index (Phi) is 13.9. The molecule has 1 rings (SSSR count). The Labute approximate surface area is 211 Å². The standard InChI is InChI=1S/C26H36O10/c1-5-11-21(28)34-20(16-27)25(36-23(30)13-7-3)24(35-22(29)12-6-2)18(8-4)33-19-15-10-9-14-17(19)26(31)32/h8-10,14-15,20,24-25,27H,5-7,11-13,16H2,1-4H3,(H,31,32)/b18-8-/t20-,24+,25+/m1/s1. The van der Waals surface area contributed by atoms with E-state index >= 15 is 0 Å². The molecule has 2 N–H and O–H groups in total. The topological polar surface area (TPSA) is 146 Å². The number of carbonyl (C=O) groups is 4. The van der Waals surface area contributed by atoms with Crippen molar-refractivity contribution in [1.82, 2.24) is 0 Å². The zero-order valence-electron chi connectivity index (χ0n) is 21.2. The second-order valence-corrected chi connectivity index (χ2v) is 7.92. The fourth-order valence-electron chi connectivity index (χ4n) is 3.22. The van der Waals surface area contributed by atoms with Crippen molar-refractivity contribution >= 4 is 23.9 Å². The molecule has 0 heterocycles. The van der Waals surface area contributed by atoms with E-state index in [0.29, 0.717) is 19.3 Å². The molecule has 0 aliphatic heterocycles. The Bertz CT molecular complexity index is 908. The SMILES string of the molecule is C/C=C(\Oc1ccccc1C(=O)O)[C@H](OC(=O)CCC)[C@@H](OC(=O)CCC)[C@@H](CO)OC(=O)CCC. The summed E-state index contributed by atoms with van der Waals surface area (Å²) >= 11 is 0. The highest BCUT2D eigenvalue weighted by molar-refractivity contribution is 5.90. The van der Waals surface area contributed by atoms with Crippen molar-refractivity contribution in [1.29, 1.82) is 0 Å².